The van der Waals surface area contributed by atoms with Crippen molar-refractivity contribution in [3.8, 4) is 11.5 Å². The van der Waals surface area contributed by atoms with Gasteiger partial charge in [-0.25, -0.2) is 0 Å². The van der Waals surface area contributed by atoms with Gasteiger partial charge in [0.05, 0.1) is 12.0 Å². The highest BCUT2D eigenvalue weighted by Gasteiger charge is 2.25. The highest BCUT2D eigenvalue weighted by atomic mass is 35.5. The van der Waals surface area contributed by atoms with Gasteiger partial charge in [-0.1, -0.05) is 28.9 Å². The maximum atomic E-state index is 6.16. The van der Waals surface area contributed by atoms with E-state index >= 15 is 0 Å². The molecule has 1 aliphatic rings. The second-order valence-corrected chi connectivity index (χ2v) is 6.34. The highest BCUT2D eigenvalue weighted by Crippen LogP contribution is 2.27. The molecule has 1 N–H and O–H groups in total. The molecule has 1 atom stereocenters. The van der Waals surface area contributed by atoms with E-state index in [2.05, 4.69) is 21.4 Å². The Kier molecular flexibility index (Phi) is 4.38. The van der Waals surface area contributed by atoms with Crippen LogP contribution in [0.3, 0.4) is 0 Å². The van der Waals surface area contributed by atoms with Gasteiger partial charge in [-0.2, -0.15) is 0 Å². The molecule has 0 spiro atoms. The minimum atomic E-state index is 0.265. The summed E-state index contributed by atoms with van der Waals surface area (Å²) in [4.78, 5) is 2.39. The van der Waals surface area contributed by atoms with Crippen LogP contribution in [0, 0.1) is 0 Å². The monoisotopic (exact) mass is 343 g/mol. The third-order valence-corrected chi connectivity index (χ3v) is 4.51. The number of benzene rings is 1. The standard InChI is InChI=1S/C18H18ClN3O2/c19-14-4-1-3-13(9-14)16-11-20-6-7-22(16)12-15-10-18(24-21-15)17-5-2-8-23-17/h1-5,8-10,16,20H,6-7,11-12H2. The van der Waals surface area contributed by atoms with Crippen molar-refractivity contribution in [2.24, 2.45) is 0 Å². The van der Waals surface area contributed by atoms with Crippen LogP contribution in [0.5, 0.6) is 0 Å². The lowest BCUT2D eigenvalue weighted by Crippen LogP contribution is -2.45. The molecule has 6 heteroatoms. The van der Waals surface area contributed by atoms with Gasteiger partial charge < -0.3 is 14.3 Å². The first kappa shape index (κ1) is 15.4. The van der Waals surface area contributed by atoms with E-state index in [1.807, 2.05) is 36.4 Å². The van der Waals surface area contributed by atoms with Gasteiger partial charge in [-0.3, -0.25) is 4.90 Å². The van der Waals surface area contributed by atoms with Crippen LogP contribution in [-0.4, -0.2) is 29.7 Å². The molecule has 1 aliphatic heterocycles. The van der Waals surface area contributed by atoms with Crippen LogP contribution in [0.15, 0.2) is 57.7 Å². The fraction of sp³-hybridized carbons (Fsp3) is 0.278. The molecule has 1 saturated heterocycles. The molecule has 3 heterocycles. The molecular formula is C18H18ClN3O2. The number of rotatable bonds is 4. The van der Waals surface area contributed by atoms with Crippen LogP contribution in [0.1, 0.15) is 17.3 Å². The van der Waals surface area contributed by atoms with Crippen molar-refractivity contribution < 1.29 is 8.94 Å². The number of aromatic nitrogens is 1. The second kappa shape index (κ2) is 6.81. The molecule has 0 bridgehead atoms. The van der Waals surface area contributed by atoms with E-state index in [1.54, 1.807) is 6.26 Å². The fourth-order valence-electron chi connectivity index (χ4n) is 3.11. The number of hydrogen-bond acceptors (Lipinski definition) is 5. The normalized spacial score (nSPS) is 18.8. The van der Waals surface area contributed by atoms with E-state index < -0.39 is 0 Å². The minimum Gasteiger partial charge on any atom is -0.461 e. The zero-order valence-electron chi connectivity index (χ0n) is 13.1. The van der Waals surface area contributed by atoms with Gasteiger partial charge >= 0.3 is 0 Å². The van der Waals surface area contributed by atoms with Crippen LogP contribution in [0.25, 0.3) is 11.5 Å². The lowest BCUT2D eigenvalue weighted by atomic mass is 10.0. The van der Waals surface area contributed by atoms with Crippen LogP contribution < -0.4 is 5.32 Å². The van der Waals surface area contributed by atoms with Crippen molar-refractivity contribution in [3.63, 3.8) is 0 Å². The Hall–Kier alpha value is -2.08. The number of halogens is 1. The van der Waals surface area contributed by atoms with Crippen LogP contribution in [0.2, 0.25) is 5.02 Å². The van der Waals surface area contributed by atoms with Crippen molar-refractivity contribution in [1.29, 1.82) is 0 Å². The minimum absolute atomic E-state index is 0.265. The average Bonchev–Trinajstić information content (AvgIpc) is 3.26. The zero-order valence-corrected chi connectivity index (χ0v) is 13.9. The van der Waals surface area contributed by atoms with E-state index in [-0.39, 0.29) is 6.04 Å². The van der Waals surface area contributed by atoms with E-state index in [1.165, 1.54) is 5.56 Å². The van der Waals surface area contributed by atoms with Crippen molar-refractivity contribution in [2.45, 2.75) is 12.6 Å². The van der Waals surface area contributed by atoms with E-state index in [4.69, 9.17) is 20.5 Å². The molecular weight excluding hydrogens is 326 g/mol. The molecule has 3 aromatic rings. The van der Waals surface area contributed by atoms with Gasteiger partial charge in [0.15, 0.2) is 5.76 Å². The lowest BCUT2D eigenvalue weighted by Gasteiger charge is -2.36. The average molecular weight is 344 g/mol. The van der Waals surface area contributed by atoms with Gasteiger partial charge in [-0.05, 0) is 29.8 Å². The van der Waals surface area contributed by atoms with Crippen molar-refractivity contribution in [2.75, 3.05) is 19.6 Å². The predicted octanol–water partition coefficient (Wildman–Crippen LogP) is 3.73. The molecule has 0 radical (unpaired) electrons. The summed E-state index contributed by atoms with van der Waals surface area (Å²) >= 11 is 6.16. The van der Waals surface area contributed by atoms with Gasteiger partial charge in [0.2, 0.25) is 5.76 Å². The lowest BCUT2D eigenvalue weighted by molar-refractivity contribution is 0.150. The molecule has 2 aromatic heterocycles. The zero-order chi connectivity index (χ0) is 16.4. The summed E-state index contributed by atoms with van der Waals surface area (Å²) in [6, 6.07) is 14.0. The number of nitrogens with one attached hydrogen (secondary N) is 1. The summed E-state index contributed by atoms with van der Waals surface area (Å²) in [5.41, 5.74) is 2.11. The second-order valence-electron chi connectivity index (χ2n) is 5.91. The largest absolute Gasteiger partial charge is 0.461 e. The maximum absolute atomic E-state index is 6.16. The summed E-state index contributed by atoms with van der Waals surface area (Å²) in [7, 11) is 0. The molecule has 1 aromatic carbocycles. The quantitative estimate of drug-likeness (QED) is 0.782. The number of piperazine rings is 1. The molecule has 24 heavy (non-hydrogen) atoms. The number of nitrogens with zero attached hydrogens (tertiary/aromatic N) is 2. The van der Waals surface area contributed by atoms with E-state index in [9.17, 15) is 0 Å². The summed E-state index contributed by atoms with van der Waals surface area (Å²) in [5, 5.41) is 8.40. The predicted molar refractivity (Wildman–Crippen MR) is 91.7 cm³/mol. The molecule has 124 valence electrons. The Labute approximate surface area is 145 Å². The van der Waals surface area contributed by atoms with Crippen LogP contribution >= 0.6 is 11.6 Å². The summed E-state index contributed by atoms with van der Waals surface area (Å²) in [5.74, 6) is 1.35. The Morgan fingerprint density at radius 2 is 2.17 bits per heavy atom. The van der Waals surface area contributed by atoms with Crippen molar-refractivity contribution >= 4 is 11.6 Å². The number of furan rings is 1. The fourth-order valence-corrected chi connectivity index (χ4v) is 3.31. The molecule has 1 fully saturated rings. The Balaban J connectivity index is 1.53. The van der Waals surface area contributed by atoms with E-state index in [0.717, 1.165) is 36.9 Å². The number of hydrogen-bond donors (Lipinski definition) is 1. The van der Waals surface area contributed by atoms with Gasteiger partial charge in [0.25, 0.3) is 0 Å². The van der Waals surface area contributed by atoms with Gasteiger partial charge in [0.1, 0.15) is 0 Å². The smallest absolute Gasteiger partial charge is 0.202 e. The van der Waals surface area contributed by atoms with Crippen LogP contribution in [-0.2, 0) is 6.54 Å². The molecule has 0 saturated carbocycles. The maximum Gasteiger partial charge on any atom is 0.202 e. The highest BCUT2D eigenvalue weighted by molar-refractivity contribution is 6.30. The first-order chi connectivity index (χ1) is 11.8. The summed E-state index contributed by atoms with van der Waals surface area (Å²) < 4.78 is 10.8. The van der Waals surface area contributed by atoms with Gasteiger partial charge in [-0.15, -0.1) is 0 Å². The molecule has 0 aliphatic carbocycles. The van der Waals surface area contributed by atoms with E-state index in [0.29, 0.717) is 11.5 Å². The van der Waals surface area contributed by atoms with Crippen molar-refractivity contribution in [3.05, 3.63) is 65.0 Å². The molecule has 4 rings (SSSR count). The summed E-state index contributed by atoms with van der Waals surface area (Å²) in [6.45, 7) is 3.52. The Bertz CT molecular complexity index is 800. The third-order valence-electron chi connectivity index (χ3n) is 4.28. The third kappa shape index (κ3) is 3.24. The van der Waals surface area contributed by atoms with Crippen LogP contribution in [0.4, 0.5) is 0 Å². The molecule has 5 nitrogen and oxygen atoms in total. The topological polar surface area (TPSA) is 54.4 Å². The van der Waals surface area contributed by atoms with Gasteiger partial charge in [0, 0.05) is 43.3 Å². The first-order valence-corrected chi connectivity index (χ1v) is 8.37. The Morgan fingerprint density at radius 1 is 1.21 bits per heavy atom. The Morgan fingerprint density at radius 3 is 3.00 bits per heavy atom. The van der Waals surface area contributed by atoms with Crippen molar-refractivity contribution in [1.82, 2.24) is 15.4 Å². The SMILES string of the molecule is Clc1cccc(C2CNCCN2Cc2cc(-c3ccco3)on2)c1. The molecule has 1 unspecified atom stereocenters. The molecule has 0 amide bonds. The summed E-state index contributed by atoms with van der Waals surface area (Å²) in [6.07, 6.45) is 1.63. The first-order valence-electron chi connectivity index (χ1n) is 7.99.